The minimum Gasteiger partial charge on any atom is -0.119 e. The highest BCUT2D eigenvalue weighted by atomic mass is 35.5. The molecule has 0 N–H and O–H groups in total. The molecule has 0 spiro atoms. The SMILES string of the molecule is CCCCC(Cl)/C=C/C(C)Cl. The highest BCUT2D eigenvalue weighted by Crippen LogP contribution is 2.09. The molecule has 0 bridgehead atoms. The normalized spacial score (nSPS) is 17.1. The van der Waals surface area contributed by atoms with Crippen LogP contribution in [0.2, 0.25) is 0 Å². The van der Waals surface area contributed by atoms with Crippen molar-refractivity contribution in [2.45, 2.75) is 43.9 Å². The molecule has 11 heavy (non-hydrogen) atoms. The first-order valence-electron chi connectivity index (χ1n) is 4.13. The van der Waals surface area contributed by atoms with Crippen LogP contribution in [0.15, 0.2) is 12.2 Å². The van der Waals surface area contributed by atoms with Crippen LogP contribution >= 0.6 is 23.2 Å². The van der Waals surface area contributed by atoms with E-state index in [1.807, 2.05) is 19.1 Å². The quantitative estimate of drug-likeness (QED) is 0.460. The molecule has 0 aliphatic rings. The lowest BCUT2D eigenvalue weighted by molar-refractivity contribution is 0.733. The molecule has 0 saturated carbocycles. The Labute approximate surface area is 79.6 Å². The summed E-state index contributed by atoms with van der Waals surface area (Å²) in [7, 11) is 0. The topological polar surface area (TPSA) is 0 Å². The van der Waals surface area contributed by atoms with E-state index in [1.165, 1.54) is 12.8 Å². The summed E-state index contributed by atoms with van der Waals surface area (Å²) < 4.78 is 0. The van der Waals surface area contributed by atoms with Gasteiger partial charge in [0.15, 0.2) is 0 Å². The van der Waals surface area contributed by atoms with Crippen molar-refractivity contribution < 1.29 is 0 Å². The molecule has 0 amide bonds. The van der Waals surface area contributed by atoms with E-state index in [2.05, 4.69) is 6.92 Å². The van der Waals surface area contributed by atoms with Gasteiger partial charge >= 0.3 is 0 Å². The average Bonchev–Trinajstić information content (AvgIpc) is 1.97. The van der Waals surface area contributed by atoms with Crippen LogP contribution in [0.3, 0.4) is 0 Å². The number of allylic oxidation sites excluding steroid dienone is 2. The van der Waals surface area contributed by atoms with E-state index >= 15 is 0 Å². The molecule has 2 atom stereocenters. The maximum atomic E-state index is 5.96. The Morgan fingerprint density at radius 1 is 1.27 bits per heavy atom. The van der Waals surface area contributed by atoms with Crippen molar-refractivity contribution in [1.29, 1.82) is 0 Å². The van der Waals surface area contributed by atoms with Crippen molar-refractivity contribution in [3.8, 4) is 0 Å². The van der Waals surface area contributed by atoms with E-state index in [-0.39, 0.29) is 10.8 Å². The molecule has 0 aromatic rings. The highest BCUT2D eigenvalue weighted by Gasteiger charge is 1.98. The third-order valence-corrected chi connectivity index (χ3v) is 1.93. The van der Waals surface area contributed by atoms with Gasteiger partial charge in [0.1, 0.15) is 0 Å². The van der Waals surface area contributed by atoms with Gasteiger partial charge < -0.3 is 0 Å². The standard InChI is InChI=1S/C9H16Cl2/c1-3-4-5-9(11)7-6-8(2)10/h6-9H,3-5H2,1-2H3/b7-6+. The summed E-state index contributed by atoms with van der Waals surface area (Å²) in [6.45, 7) is 4.10. The fourth-order valence-corrected chi connectivity index (χ4v) is 1.09. The number of hydrogen-bond acceptors (Lipinski definition) is 0. The molecular weight excluding hydrogens is 179 g/mol. The minimum absolute atomic E-state index is 0.0953. The lowest BCUT2D eigenvalue weighted by atomic mass is 10.2. The van der Waals surface area contributed by atoms with E-state index in [9.17, 15) is 0 Å². The van der Waals surface area contributed by atoms with Crippen molar-refractivity contribution in [3.63, 3.8) is 0 Å². The summed E-state index contributed by atoms with van der Waals surface area (Å²) in [4.78, 5) is 0. The van der Waals surface area contributed by atoms with Crippen LogP contribution in [-0.2, 0) is 0 Å². The van der Waals surface area contributed by atoms with Gasteiger partial charge in [-0.15, -0.1) is 23.2 Å². The fraction of sp³-hybridized carbons (Fsp3) is 0.778. The lowest BCUT2D eigenvalue weighted by Gasteiger charge is -2.01. The summed E-state index contributed by atoms with van der Waals surface area (Å²) in [6, 6.07) is 0. The molecule has 2 unspecified atom stereocenters. The first kappa shape index (κ1) is 11.3. The Morgan fingerprint density at radius 3 is 2.36 bits per heavy atom. The number of unbranched alkanes of at least 4 members (excludes halogenated alkanes) is 1. The van der Waals surface area contributed by atoms with E-state index in [4.69, 9.17) is 23.2 Å². The lowest BCUT2D eigenvalue weighted by Crippen LogP contribution is -1.94. The summed E-state index contributed by atoms with van der Waals surface area (Å²) in [5.74, 6) is 0. The molecule has 0 radical (unpaired) electrons. The molecule has 66 valence electrons. The van der Waals surface area contributed by atoms with Gasteiger partial charge in [0, 0.05) is 5.38 Å². The molecular formula is C9H16Cl2. The zero-order valence-corrected chi connectivity index (χ0v) is 8.70. The molecule has 2 heteroatoms. The molecule has 0 aromatic carbocycles. The van der Waals surface area contributed by atoms with Crippen molar-refractivity contribution in [3.05, 3.63) is 12.2 Å². The molecule has 0 aliphatic heterocycles. The van der Waals surface area contributed by atoms with Crippen LogP contribution in [-0.4, -0.2) is 10.8 Å². The maximum Gasteiger partial charge on any atom is 0.0516 e. The molecule has 0 heterocycles. The van der Waals surface area contributed by atoms with Crippen LogP contribution in [0.1, 0.15) is 33.1 Å². The number of rotatable bonds is 5. The Morgan fingerprint density at radius 2 is 1.91 bits per heavy atom. The number of halogens is 2. The monoisotopic (exact) mass is 194 g/mol. The van der Waals surface area contributed by atoms with Crippen molar-refractivity contribution in [2.75, 3.05) is 0 Å². The Bertz CT molecular complexity index is 108. The van der Waals surface area contributed by atoms with Gasteiger partial charge in [-0.25, -0.2) is 0 Å². The van der Waals surface area contributed by atoms with Crippen molar-refractivity contribution in [1.82, 2.24) is 0 Å². The van der Waals surface area contributed by atoms with Gasteiger partial charge in [0.2, 0.25) is 0 Å². The zero-order chi connectivity index (χ0) is 8.69. The highest BCUT2D eigenvalue weighted by molar-refractivity contribution is 6.22. The third-order valence-electron chi connectivity index (χ3n) is 1.42. The minimum atomic E-state index is 0.0953. The summed E-state index contributed by atoms with van der Waals surface area (Å²) in [5.41, 5.74) is 0. The first-order valence-corrected chi connectivity index (χ1v) is 5.00. The predicted molar refractivity (Wildman–Crippen MR) is 53.6 cm³/mol. The van der Waals surface area contributed by atoms with Crippen molar-refractivity contribution >= 4 is 23.2 Å². The largest absolute Gasteiger partial charge is 0.119 e. The zero-order valence-electron chi connectivity index (χ0n) is 7.19. The van der Waals surface area contributed by atoms with Gasteiger partial charge in [-0.05, 0) is 13.3 Å². The average molecular weight is 195 g/mol. The predicted octanol–water partition coefficient (Wildman–Crippen LogP) is 3.97. The molecule has 0 aromatic heterocycles. The molecule has 0 aliphatic carbocycles. The van der Waals surface area contributed by atoms with Crippen LogP contribution < -0.4 is 0 Å². The van der Waals surface area contributed by atoms with Gasteiger partial charge in [-0.3, -0.25) is 0 Å². The Balaban J connectivity index is 3.42. The van der Waals surface area contributed by atoms with Crippen LogP contribution in [0.4, 0.5) is 0 Å². The van der Waals surface area contributed by atoms with E-state index < -0.39 is 0 Å². The van der Waals surface area contributed by atoms with Gasteiger partial charge in [0.05, 0.1) is 5.38 Å². The van der Waals surface area contributed by atoms with E-state index in [0.717, 1.165) is 6.42 Å². The summed E-state index contributed by atoms with van der Waals surface area (Å²) in [5, 5.41) is 0.258. The van der Waals surface area contributed by atoms with Crippen molar-refractivity contribution in [2.24, 2.45) is 0 Å². The smallest absolute Gasteiger partial charge is 0.0516 e. The second-order valence-electron chi connectivity index (χ2n) is 2.72. The third kappa shape index (κ3) is 8.22. The Kier molecular flexibility index (Phi) is 7.20. The number of hydrogen-bond donors (Lipinski definition) is 0. The maximum absolute atomic E-state index is 5.96. The van der Waals surface area contributed by atoms with Crippen LogP contribution in [0, 0.1) is 0 Å². The van der Waals surface area contributed by atoms with E-state index in [0.29, 0.717) is 0 Å². The second kappa shape index (κ2) is 7.00. The van der Waals surface area contributed by atoms with Crippen LogP contribution in [0.5, 0.6) is 0 Å². The molecule has 0 nitrogen and oxygen atoms in total. The van der Waals surface area contributed by atoms with Gasteiger partial charge in [-0.2, -0.15) is 0 Å². The van der Waals surface area contributed by atoms with E-state index in [1.54, 1.807) is 0 Å². The summed E-state index contributed by atoms with van der Waals surface area (Å²) >= 11 is 11.7. The first-order chi connectivity index (χ1) is 5.16. The second-order valence-corrected chi connectivity index (χ2v) is 3.97. The fourth-order valence-electron chi connectivity index (χ4n) is 0.769. The van der Waals surface area contributed by atoms with Crippen LogP contribution in [0.25, 0.3) is 0 Å². The molecule has 0 saturated heterocycles. The summed E-state index contributed by atoms with van der Waals surface area (Å²) in [6.07, 6.45) is 7.37. The molecule has 0 fully saturated rings. The van der Waals surface area contributed by atoms with Gasteiger partial charge in [-0.1, -0.05) is 31.9 Å². The molecule has 0 rings (SSSR count). The number of alkyl halides is 2. The Hall–Kier alpha value is 0.320. The van der Waals surface area contributed by atoms with Gasteiger partial charge in [0.25, 0.3) is 0 Å².